The van der Waals surface area contributed by atoms with Crippen LogP contribution in [-0.2, 0) is 19.1 Å². The van der Waals surface area contributed by atoms with Crippen LogP contribution in [0.15, 0.2) is 72.1 Å². The molecule has 9 heteroatoms. The van der Waals surface area contributed by atoms with Crippen LogP contribution in [0, 0.1) is 0 Å². The smallest absolute Gasteiger partial charge is 0.355 e. The molecule has 0 saturated carbocycles. The van der Waals surface area contributed by atoms with Gasteiger partial charge in [-0.25, -0.2) is 9.59 Å². The summed E-state index contributed by atoms with van der Waals surface area (Å²) >= 11 is 5.74. The quantitative estimate of drug-likeness (QED) is 0.747. The van der Waals surface area contributed by atoms with Crippen LogP contribution in [0.3, 0.4) is 0 Å². The van der Waals surface area contributed by atoms with E-state index in [1.165, 1.54) is 20.3 Å². The number of allylic oxidation sites excluding steroid dienone is 2. The van der Waals surface area contributed by atoms with Crippen LogP contribution in [0.25, 0.3) is 0 Å². The summed E-state index contributed by atoms with van der Waals surface area (Å²) in [4.78, 5) is 26.2. The monoisotopic (exact) mass is 412 g/mol. The summed E-state index contributed by atoms with van der Waals surface area (Å²) in [6, 6.07) is 10.5. The number of hydrogen-bond donors (Lipinski definition) is 1. The highest BCUT2D eigenvalue weighted by molar-refractivity contribution is 6.29. The number of benzene rings is 1. The maximum Gasteiger partial charge on any atom is 0.355 e. The van der Waals surface area contributed by atoms with Crippen molar-refractivity contribution in [1.82, 2.24) is 10.2 Å². The Labute approximate surface area is 172 Å². The number of carbonyl (C=O) groups is 2. The third-order valence-electron chi connectivity index (χ3n) is 3.94. The Morgan fingerprint density at radius 1 is 0.966 bits per heavy atom. The topological polar surface area (TPSA) is 93.7 Å². The second kappa shape index (κ2) is 9.03. The van der Waals surface area contributed by atoms with Gasteiger partial charge < -0.3 is 19.7 Å². The van der Waals surface area contributed by atoms with E-state index in [1.54, 1.807) is 59.7 Å². The average Bonchev–Trinajstić information content (AvgIpc) is 2.98. The van der Waals surface area contributed by atoms with Crippen molar-refractivity contribution in [2.24, 2.45) is 0 Å². The van der Waals surface area contributed by atoms with Crippen LogP contribution in [0.2, 0.25) is 5.15 Å². The van der Waals surface area contributed by atoms with Gasteiger partial charge in [-0.15, -0.1) is 10.2 Å². The fraction of sp³-hybridized carbons (Fsp3) is 0.100. The lowest BCUT2D eigenvalue weighted by molar-refractivity contribution is -0.139. The minimum atomic E-state index is -0.666. The molecule has 2 heterocycles. The Balaban J connectivity index is 1.93. The first-order chi connectivity index (χ1) is 14.0. The predicted octanol–water partition coefficient (Wildman–Crippen LogP) is 3.36. The lowest BCUT2D eigenvalue weighted by Crippen LogP contribution is -2.26. The van der Waals surface area contributed by atoms with E-state index in [-0.39, 0.29) is 11.3 Å². The van der Waals surface area contributed by atoms with Crippen molar-refractivity contribution in [1.29, 1.82) is 0 Å². The molecular formula is C20H17ClN4O4. The number of nitrogens with one attached hydrogen (secondary N) is 1. The number of anilines is 3. The standard InChI is InChI=1S/C20H17ClN4O4/c1-28-19(26)15-5-3-4-12-25(18(15)20(27)29-2)14-8-6-13(7-9-14)22-17-11-10-16(21)23-24-17/h3-12H,1-2H3,(H,22,24). The molecule has 0 amide bonds. The van der Waals surface area contributed by atoms with Gasteiger partial charge in [-0.2, -0.15) is 0 Å². The molecule has 0 saturated heterocycles. The maximum absolute atomic E-state index is 12.4. The van der Waals surface area contributed by atoms with E-state index in [2.05, 4.69) is 15.5 Å². The zero-order chi connectivity index (χ0) is 20.8. The molecular weight excluding hydrogens is 396 g/mol. The molecule has 0 atom stereocenters. The van der Waals surface area contributed by atoms with Gasteiger partial charge in [0.25, 0.3) is 0 Å². The number of nitrogens with zero attached hydrogens (tertiary/aromatic N) is 3. The van der Waals surface area contributed by atoms with Gasteiger partial charge in [-0.3, -0.25) is 0 Å². The number of hydrogen-bond acceptors (Lipinski definition) is 8. The molecule has 1 aliphatic rings. The number of halogens is 1. The van der Waals surface area contributed by atoms with E-state index >= 15 is 0 Å². The third kappa shape index (κ3) is 4.61. The molecule has 0 fully saturated rings. The van der Waals surface area contributed by atoms with E-state index in [0.717, 1.165) is 5.69 Å². The molecule has 29 heavy (non-hydrogen) atoms. The number of rotatable bonds is 5. The molecule has 0 unspecified atom stereocenters. The van der Waals surface area contributed by atoms with Gasteiger partial charge >= 0.3 is 11.9 Å². The van der Waals surface area contributed by atoms with E-state index in [4.69, 9.17) is 21.1 Å². The van der Waals surface area contributed by atoms with Crippen LogP contribution in [0.1, 0.15) is 0 Å². The molecule has 148 valence electrons. The van der Waals surface area contributed by atoms with Gasteiger partial charge in [0, 0.05) is 17.6 Å². The van der Waals surface area contributed by atoms with Crippen LogP contribution >= 0.6 is 11.6 Å². The highest BCUT2D eigenvalue weighted by Gasteiger charge is 2.27. The average molecular weight is 413 g/mol. The van der Waals surface area contributed by atoms with E-state index in [9.17, 15) is 9.59 Å². The van der Waals surface area contributed by atoms with Crippen molar-refractivity contribution in [3.8, 4) is 0 Å². The van der Waals surface area contributed by atoms with Gasteiger partial charge in [0.15, 0.2) is 11.0 Å². The highest BCUT2D eigenvalue weighted by atomic mass is 35.5. The first-order valence-corrected chi connectivity index (χ1v) is 8.82. The number of methoxy groups -OCH3 is 2. The molecule has 1 N–H and O–H groups in total. The second-order valence-electron chi connectivity index (χ2n) is 5.73. The first-order valence-electron chi connectivity index (χ1n) is 8.45. The molecule has 1 aromatic carbocycles. The lowest BCUT2D eigenvalue weighted by Gasteiger charge is -2.23. The fourth-order valence-electron chi connectivity index (χ4n) is 2.60. The summed E-state index contributed by atoms with van der Waals surface area (Å²) in [7, 11) is 2.50. The van der Waals surface area contributed by atoms with Crippen molar-refractivity contribution < 1.29 is 19.1 Å². The Morgan fingerprint density at radius 3 is 2.31 bits per heavy atom. The maximum atomic E-state index is 12.4. The molecule has 0 bridgehead atoms. The third-order valence-corrected chi connectivity index (χ3v) is 4.14. The van der Waals surface area contributed by atoms with Crippen molar-refractivity contribution in [3.05, 3.63) is 77.2 Å². The fourth-order valence-corrected chi connectivity index (χ4v) is 2.70. The zero-order valence-corrected chi connectivity index (χ0v) is 16.4. The summed E-state index contributed by atoms with van der Waals surface area (Å²) in [5.41, 5.74) is 1.52. The zero-order valence-electron chi connectivity index (χ0n) is 15.6. The molecule has 2 aromatic rings. The van der Waals surface area contributed by atoms with Crippen LogP contribution < -0.4 is 10.2 Å². The summed E-state index contributed by atoms with van der Waals surface area (Å²) in [6.45, 7) is 0. The number of aromatic nitrogens is 2. The van der Waals surface area contributed by atoms with Crippen molar-refractivity contribution in [2.75, 3.05) is 24.4 Å². The Kier molecular flexibility index (Phi) is 6.25. The predicted molar refractivity (Wildman–Crippen MR) is 109 cm³/mol. The summed E-state index contributed by atoms with van der Waals surface area (Å²) in [5, 5.41) is 11.1. The van der Waals surface area contributed by atoms with Crippen LogP contribution in [0.5, 0.6) is 0 Å². The Bertz CT molecular complexity index is 998. The Hall–Kier alpha value is -3.65. The molecule has 0 aliphatic carbocycles. The highest BCUT2D eigenvalue weighted by Crippen LogP contribution is 2.28. The molecule has 1 aromatic heterocycles. The largest absolute Gasteiger partial charge is 0.465 e. The van der Waals surface area contributed by atoms with Gasteiger partial charge in [0.1, 0.15) is 5.70 Å². The molecule has 3 rings (SSSR count). The minimum absolute atomic E-state index is 0.0497. The van der Waals surface area contributed by atoms with Gasteiger partial charge in [-0.1, -0.05) is 17.7 Å². The molecule has 0 radical (unpaired) electrons. The van der Waals surface area contributed by atoms with Crippen LogP contribution in [-0.4, -0.2) is 36.4 Å². The molecule has 8 nitrogen and oxygen atoms in total. The normalized spacial score (nSPS) is 13.1. The van der Waals surface area contributed by atoms with Gasteiger partial charge in [-0.05, 0) is 48.6 Å². The van der Waals surface area contributed by atoms with E-state index < -0.39 is 11.9 Å². The van der Waals surface area contributed by atoms with Crippen molar-refractivity contribution in [3.63, 3.8) is 0 Å². The van der Waals surface area contributed by atoms with Gasteiger partial charge in [0.2, 0.25) is 0 Å². The molecule has 0 spiro atoms. The number of ether oxygens (including phenoxy) is 2. The lowest BCUT2D eigenvalue weighted by atomic mass is 10.1. The summed E-state index contributed by atoms with van der Waals surface area (Å²) in [5.74, 6) is -0.778. The SMILES string of the molecule is COC(=O)C1=C(C(=O)OC)N(c2ccc(Nc3ccc(Cl)nn3)cc2)C=CC=C1. The first kappa shape index (κ1) is 20.1. The molecule has 1 aliphatic heterocycles. The van der Waals surface area contributed by atoms with Crippen LogP contribution in [0.4, 0.5) is 17.2 Å². The van der Waals surface area contributed by atoms with E-state index in [0.29, 0.717) is 16.7 Å². The van der Waals surface area contributed by atoms with Gasteiger partial charge in [0.05, 0.1) is 19.8 Å². The number of carbonyl (C=O) groups excluding carboxylic acids is 2. The number of esters is 2. The summed E-state index contributed by atoms with van der Waals surface area (Å²) < 4.78 is 9.69. The Morgan fingerprint density at radius 2 is 1.69 bits per heavy atom. The van der Waals surface area contributed by atoms with E-state index in [1.807, 2.05) is 0 Å². The van der Waals surface area contributed by atoms with Crippen molar-refractivity contribution in [2.45, 2.75) is 0 Å². The summed E-state index contributed by atoms with van der Waals surface area (Å²) in [6.07, 6.45) is 6.51. The second-order valence-corrected chi connectivity index (χ2v) is 6.12. The minimum Gasteiger partial charge on any atom is -0.465 e. The van der Waals surface area contributed by atoms with Crippen molar-refractivity contribution >= 4 is 40.7 Å².